The van der Waals surface area contributed by atoms with Crippen molar-refractivity contribution in [2.24, 2.45) is 0 Å². The first-order chi connectivity index (χ1) is 4.08. The Hall–Kier alpha value is -0.130. The zero-order valence-electron chi connectivity index (χ0n) is 4.87. The van der Waals surface area contributed by atoms with Crippen LogP contribution < -0.4 is 4.72 Å². The van der Waals surface area contributed by atoms with Crippen LogP contribution in [-0.2, 0) is 10.3 Å². The monoisotopic (exact) mass is 151 g/mol. The molecule has 0 aromatic rings. The minimum Gasteiger partial charge on any atom is -0.273 e. The van der Waals surface area contributed by atoms with Crippen LogP contribution in [0.3, 0.4) is 0 Å². The second-order valence-corrected chi connectivity index (χ2v) is 3.41. The molecule has 1 rings (SSSR count). The molecule has 5 heteroatoms. The summed E-state index contributed by atoms with van der Waals surface area (Å²) in [5.41, 5.74) is 0. The lowest BCUT2D eigenvalue weighted by Gasteiger charge is -2.24. The Labute approximate surface area is 54.1 Å². The molecular weight excluding hydrogens is 142 g/mol. The van der Waals surface area contributed by atoms with Crippen molar-refractivity contribution in [2.75, 3.05) is 0 Å². The minimum atomic E-state index is -3.93. The SMILES string of the molecule is O=S(=O)(O)NC1CCC1. The quantitative estimate of drug-likeness (QED) is 0.543. The molecule has 0 bridgehead atoms. The maximum absolute atomic E-state index is 10.1. The van der Waals surface area contributed by atoms with Crippen molar-refractivity contribution in [1.29, 1.82) is 0 Å². The lowest BCUT2D eigenvalue weighted by atomic mass is 9.94. The molecule has 1 fully saturated rings. The van der Waals surface area contributed by atoms with E-state index in [1.54, 1.807) is 0 Å². The standard InChI is InChI=1S/C4H9NO3S/c6-9(7,8)5-4-2-1-3-4/h4-5H,1-3H2,(H,6,7,8). The van der Waals surface area contributed by atoms with Crippen molar-refractivity contribution in [1.82, 2.24) is 4.72 Å². The predicted molar refractivity (Wildman–Crippen MR) is 32.3 cm³/mol. The van der Waals surface area contributed by atoms with Crippen LogP contribution in [0.4, 0.5) is 0 Å². The van der Waals surface area contributed by atoms with Crippen molar-refractivity contribution in [2.45, 2.75) is 25.3 Å². The molecular formula is C4H9NO3S. The maximum Gasteiger partial charge on any atom is 0.333 e. The number of hydrogen-bond acceptors (Lipinski definition) is 2. The van der Waals surface area contributed by atoms with Crippen molar-refractivity contribution >= 4 is 10.3 Å². The van der Waals surface area contributed by atoms with Gasteiger partial charge in [-0.25, -0.2) is 0 Å². The van der Waals surface area contributed by atoms with Gasteiger partial charge in [-0.1, -0.05) is 6.42 Å². The van der Waals surface area contributed by atoms with Crippen LogP contribution in [0.15, 0.2) is 0 Å². The first-order valence-corrected chi connectivity index (χ1v) is 4.27. The summed E-state index contributed by atoms with van der Waals surface area (Å²) < 4.78 is 30.5. The maximum atomic E-state index is 10.1. The van der Waals surface area contributed by atoms with Crippen LogP contribution in [-0.4, -0.2) is 19.0 Å². The van der Waals surface area contributed by atoms with Gasteiger partial charge in [0.25, 0.3) is 0 Å². The van der Waals surface area contributed by atoms with Crippen molar-refractivity contribution in [3.63, 3.8) is 0 Å². The Morgan fingerprint density at radius 3 is 2.11 bits per heavy atom. The Morgan fingerprint density at radius 2 is 2.00 bits per heavy atom. The molecule has 1 aliphatic carbocycles. The van der Waals surface area contributed by atoms with E-state index in [0.29, 0.717) is 0 Å². The second kappa shape index (κ2) is 2.24. The van der Waals surface area contributed by atoms with Gasteiger partial charge in [0, 0.05) is 6.04 Å². The van der Waals surface area contributed by atoms with Gasteiger partial charge in [-0.05, 0) is 12.8 Å². The zero-order chi connectivity index (χ0) is 6.91. The summed E-state index contributed by atoms with van der Waals surface area (Å²) in [4.78, 5) is 0. The average Bonchev–Trinajstić information content (AvgIpc) is 1.53. The van der Waals surface area contributed by atoms with Gasteiger partial charge in [-0.2, -0.15) is 13.1 Å². The summed E-state index contributed by atoms with van der Waals surface area (Å²) in [7, 11) is -3.93. The lowest BCUT2D eigenvalue weighted by Crippen LogP contribution is -2.38. The van der Waals surface area contributed by atoms with Gasteiger partial charge in [-0.15, -0.1) is 0 Å². The predicted octanol–water partition coefficient (Wildman–Crippen LogP) is -0.0687. The third kappa shape index (κ3) is 2.30. The van der Waals surface area contributed by atoms with Crippen LogP contribution in [0, 0.1) is 0 Å². The minimum absolute atomic E-state index is 0.0139. The van der Waals surface area contributed by atoms with Gasteiger partial charge in [0.15, 0.2) is 0 Å². The van der Waals surface area contributed by atoms with Gasteiger partial charge in [0.1, 0.15) is 0 Å². The molecule has 1 aliphatic rings. The third-order valence-corrected chi connectivity index (χ3v) is 2.05. The van der Waals surface area contributed by atoms with Gasteiger partial charge in [0.2, 0.25) is 0 Å². The molecule has 0 unspecified atom stereocenters. The summed E-state index contributed by atoms with van der Waals surface area (Å²) in [5, 5.41) is 0. The van der Waals surface area contributed by atoms with Crippen LogP contribution >= 0.6 is 0 Å². The fourth-order valence-corrected chi connectivity index (χ4v) is 1.39. The summed E-state index contributed by atoms with van der Waals surface area (Å²) >= 11 is 0. The highest BCUT2D eigenvalue weighted by Crippen LogP contribution is 2.18. The van der Waals surface area contributed by atoms with Gasteiger partial charge < -0.3 is 0 Å². The molecule has 0 atom stereocenters. The molecule has 0 aromatic heterocycles. The van der Waals surface area contributed by atoms with Crippen LogP contribution in [0.5, 0.6) is 0 Å². The highest BCUT2D eigenvalue weighted by molar-refractivity contribution is 7.83. The summed E-state index contributed by atoms with van der Waals surface area (Å²) in [6, 6.07) is -0.0139. The van der Waals surface area contributed by atoms with E-state index >= 15 is 0 Å². The van der Waals surface area contributed by atoms with Gasteiger partial charge >= 0.3 is 10.3 Å². The van der Waals surface area contributed by atoms with E-state index < -0.39 is 10.3 Å². The summed E-state index contributed by atoms with van der Waals surface area (Å²) in [6.07, 6.45) is 2.74. The lowest BCUT2D eigenvalue weighted by molar-refractivity contribution is 0.363. The average molecular weight is 151 g/mol. The fourth-order valence-electron chi connectivity index (χ4n) is 0.737. The third-order valence-electron chi connectivity index (χ3n) is 1.42. The Kier molecular flexibility index (Phi) is 1.74. The molecule has 0 aromatic carbocycles. The van der Waals surface area contributed by atoms with E-state index in [-0.39, 0.29) is 6.04 Å². The smallest absolute Gasteiger partial charge is 0.273 e. The van der Waals surface area contributed by atoms with E-state index in [4.69, 9.17) is 4.55 Å². The number of rotatable bonds is 2. The van der Waals surface area contributed by atoms with Crippen molar-refractivity contribution < 1.29 is 13.0 Å². The highest BCUT2D eigenvalue weighted by atomic mass is 32.2. The van der Waals surface area contributed by atoms with Crippen LogP contribution in [0.25, 0.3) is 0 Å². The Bertz CT molecular complexity index is 182. The van der Waals surface area contributed by atoms with E-state index in [1.165, 1.54) is 0 Å². The topological polar surface area (TPSA) is 66.4 Å². The van der Waals surface area contributed by atoms with E-state index in [9.17, 15) is 8.42 Å². The van der Waals surface area contributed by atoms with Crippen molar-refractivity contribution in [3.8, 4) is 0 Å². The first kappa shape index (κ1) is 6.98. The molecule has 0 heterocycles. The normalized spacial score (nSPS) is 21.4. The molecule has 54 valence electrons. The molecule has 0 spiro atoms. The van der Waals surface area contributed by atoms with Crippen LogP contribution in [0.2, 0.25) is 0 Å². The first-order valence-electron chi connectivity index (χ1n) is 2.83. The Balaban J connectivity index is 2.33. The molecule has 0 saturated heterocycles. The molecule has 9 heavy (non-hydrogen) atoms. The molecule has 1 saturated carbocycles. The van der Waals surface area contributed by atoms with Gasteiger partial charge in [0.05, 0.1) is 0 Å². The van der Waals surface area contributed by atoms with Gasteiger partial charge in [-0.3, -0.25) is 4.55 Å². The summed E-state index contributed by atoms with van der Waals surface area (Å²) in [5.74, 6) is 0. The number of hydrogen-bond donors (Lipinski definition) is 2. The molecule has 0 amide bonds. The Morgan fingerprint density at radius 1 is 1.44 bits per heavy atom. The van der Waals surface area contributed by atoms with E-state index in [0.717, 1.165) is 19.3 Å². The largest absolute Gasteiger partial charge is 0.333 e. The molecule has 0 radical (unpaired) electrons. The van der Waals surface area contributed by atoms with Crippen LogP contribution in [0.1, 0.15) is 19.3 Å². The molecule has 4 nitrogen and oxygen atoms in total. The summed E-state index contributed by atoms with van der Waals surface area (Å²) in [6.45, 7) is 0. The second-order valence-electron chi connectivity index (χ2n) is 2.22. The molecule has 2 N–H and O–H groups in total. The number of nitrogens with one attached hydrogen (secondary N) is 1. The molecule has 0 aliphatic heterocycles. The zero-order valence-corrected chi connectivity index (χ0v) is 5.69. The van der Waals surface area contributed by atoms with Crippen molar-refractivity contribution in [3.05, 3.63) is 0 Å². The highest BCUT2D eigenvalue weighted by Gasteiger charge is 2.21. The van der Waals surface area contributed by atoms with E-state index in [2.05, 4.69) is 4.72 Å². The fraction of sp³-hybridized carbons (Fsp3) is 1.00. The van der Waals surface area contributed by atoms with E-state index in [1.807, 2.05) is 0 Å².